The standard InChI is InChI=1S/C18H22N2/c1-2-13-11-18-17(8-5-9-20-18)15(12-19)10-14-6-3-4-7-16(13)14/h3-9,13,15H,2,10-12,19H2,1H3/t13-,15+/m0/s1. The van der Waals surface area contributed by atoms with E-state index >= 15 is 0 Å². The van der Waals surface area contributed by atoms with Gasteiger partial charge >= 0.3 is 0 Å². The molecule has 0 saturated carbocycles. The number of rotatable bonds is 2. The van der Waals surface area contributed by atoms with E-state index in [0.29, 0.717) is 18.4 Å². The van der Waals surface area contributed by atoms with E-state index in [1.54, 1.807) is 0 Å². The Hall–Kier alpha value is -1.67. The largest absolute Gasteiger partial charge is 0.330 e. The number of nitrogens with zero attached hydrogens (tertiary/aromatic N) is 1. The monoisotopic (exact) mass is 266 g/mol. The number of hydrogen-bond acceptors (Lipinski definition) is 2. The molecule has 20 heavy (non-hydrogen) atoms. The van der Waals surface area contributed by atoms with Gasteiger partial charge in [0.1, 0.15) is 0 Å². The van der Waals surface area contributed by atoms with Crippen LogP contribution in [0.2, 0.25) is 0 Å². The van der Waals surface area contributed by atoms with Gasteiger partial charge < -0.3 is 5.73 Å². The van der Waals surface area contributed by atoms with Gasteiger partial charge in [-0.05, 0) is 54.5 Å². The summed E-state index contributed by atoms with van der Waals surface area (Å²) in [5.41, 5.74) is 11.6. The van der Waals surface area contributed by atoms with Gasteiger partial charge in [-0.1, -0.05) is 37.3 Å². The lowest BCUT2D eigenvalue weighted by molar-refractivity contribution is 0.591. The normalized spacial score (nSPS) is 21.5. The van der Waals surface area contributed by atoms with Gasteiger partial charge in [0.2, 0.25) is 0 Å². The molecule has 0 spiro atoms. The van der Waals surface area contributed by atoms with Crippen molar-refractivity contribution in [2.75, 3.05) is 6.54 Å². The molecule has 3 rings (SSSR count). The molecule has 2 aromatic rings. The molecule has 0 bridgehead atoms. The number of benzene rings is 1. The second-order valence-corrected chi connectivity index (χ2v) is 5.68. The average molecular weight is 266 g/mol. The number of fused-ring (bicyclic) bond motifs is 2. The first kappa shape index (κ1) is 13.3. The smallest absolute Gasteiger partial charge is 0.0445 e. The zero-order chi connectivity index (χ0) is 13.9. The van der Waals surface area contributed by atoms with E-state index in [-0.39, 0.29) is 0 Å². The number of aromatic nitrogens is 1. The quantitative estimate of drug-likeness (QED) is 0.904. The van der Waals surface area contributed by atoms with E-state index in [1.807, 2.05) is 12.3 Å². The Kier molecular flexibility index (Phi) is 3.83. The third-order valence-corrected chi connectivity index (χ3v) is 4.54. The summed E-state index contributed by atoms with van der Waals surface area (Å²) < 4.78 is 0. The zero-order valence-corrected chi connectivity index (χ0v) is 12.0. The van der Waals surface area contributed by atoms with Gasteiger partial charge in [-0.2, -0.15) is 0 Å². The highest BCUT2D eigenvalue weighted by Gasteiger charge is 2.24. The Bertz CT molecular complexity index is 538. The molecule has 2 nitrogen and oxygen atoms in total. The second-order valence-electron chi connectivity index (χ2n) is 5.68. The Morgan fingerprint density at radius 1 is 1.05 bits per heavy atom. The maximum atomic E-state index is 6.04. The van der Waals surface area contributed by atoms with E-state index in [2.05, 4.69) is 42.2 Å². The van der Waals surface area contributed by atoms with Crippen LogP contribution in [0.4, 0.5) is 0 Å². The summed E-state index contributed by atoms with van der Waals surface area (Å²) in [5.74, 6) is 0.955. The minimum atomic E-state index is 0.387. The summed E-state index contributed by atoms with van der Waals surface area (Å²) in [6.07, 6.45) is 5.12. The molecule has 2 atom stereocenters. The highest BCUT2D eigenvalue weighted by molar-refractivity contribution is 5.38. The third kappa shape index (κ3) is 2.36. The predicted octanol–water partition coefficient (Wildman–Crippen LogP) is 3.42. The molecule has 0 radical (unpaired) electrons. The minimum absolute atomic E-state index is 0.387. The molecule has 0 aliphatic heterocycles. The van der Waals surface area contributed by atoms with Crippen molar-refractivity contribution in [2.24, 2.45) is 5.73 Å². The van der Waals surface area contributed by atoms with Crippen molar-refractivity contribution < 1.29 is 0 Å². The molecular formula is C18H22N2. The summed E-state index contributed by atoms with van der Waals surface area (Å²) in [4.78, 5) is 4.63. The molecule has 1 heterocycles. The number of pyridine rings is 1. The molecule has 1 aliphatic carbocycles. The Balaban J connectivity index is 2.10. The van der Waals surface area contributed by atoms with Gasteiger partial charge in [-0.15, -0.1) is 0 Å². The van der Waals surface area contributed by atoms with Gasteiger partial charge in [-0.25, -0.2) is 0 Å². The lowest BCUT2D eigenvalue weighted by atomic mass is 9.79. The summed E-state index contributed by atoms with van der Waals surface area (Å²) in [7, 11) is 0. The zero-order valence-electron chi connectivity index (χ0n) is 12.0. The van der Waals surface area contributed by atoms with Crippen molar-refractivity contribution in [1.29, 1.82) is 0 Å². The molecule has 1 aliphatic rings. The van der Waals surface area contributed by atoms with Crippen LogP contribution in [0, 0.1) is 0 Å². The molecule has 2 N–H and O–H groups in total. The SMILES string of the molecule is CC[C@H]1Cc2ncccc2[C@@H](CN)Cc2ccccc21. The van der Waals surface area contributed by atoms with Crippen LogP contribution in [0.5, 0.6) is 0 Å². The Morgan fingerprint density at radius 2 is 1.85 bits per heavy atom. The predicted molar refractivity (Wildman–Crippen MR) is 82.9 cm³/mol. The maximum absolute atomic E-state index is 6.04. The van der Waals surface area contributed by atoms with Crippen LogP contribution < -0.4 is 5.73 Å². The Morgan fingerprint density at radius 3 is 2.65 bits per heavy atom. The highest BCUT2D eigenvalue weighted by Crippen LogP contribution is 2.35. The molecule has 0 saturated heterocycles. The van der Waals surface area contributed by atoms with Crippen LogP contribution in [0.15, 0.2) is 42.6 Å². The van der Waals surface area contributed by atoms with Gasteiger partial charge in [0.15, 0.2) is 0 Å². The van der Waals surface area contributed by atoms with Crippen molar-refractivity contribution >= 4 is 0 Å². The first-order valence-electron chi connectivity index (χ1n) is 7.55. The molecule has 1 aromatic heterocycles. The van der Waals surface area contributed by atoms with Crippen molar-refractivity contribution in [3.63, 3.8) is 0 Å². The summed E-state index contributed by atoms with van der Waals surface area (Å²) in [6, 6.07) is 13.1. The van der Waals surface area contributed by atoms with Crippen molar-refractivity contribution in [2.45, 2.75) is 38.0 Å². The van der Waals surface area contributed by atoms with Crippen molar-refractivity contribution in [3.05, 3.63) is 65.0 Å². The van der Waals surface area contributed by atoms with Crippen LogP contribution in [0.1, 0.15) is 47.6 Å². The first-order chi connectivity index (χ1) is 9.83. The summed E-state index contributed by atoms with van der Waals surface area (Å²) in [6.45, 7) is 2.95. The van der Waals surface area contributed by atoms with E-state index in [9.17, 15) is 0 Å². The molecule has 0 fully saturated rings. The fraction of sp³-hybridized carbons (Fsp3) is 0.389. The average Bonchev–Trinajstić information content (AvgIpc) is 2.49. The van der Waals surface area contributed by atoms with Crippen LogP contribution in [-0.2, 0) is 12.8 Å². The van der Waals surface area contributed by atoms with Crippen LogP contribution in [0.3, 0.4) is 0 Å². The summed E-state index contributed by atoms with van der Waals surface area (Å²) >= 11 is 0. The Labute approximate surface area is 121 Å². The molecule has 104 valence electrons. The number of nitrogens with two attached hydrogens (primary N) is 1. The number of hydrogen-bond donors (Lipinski definition) is 1. The van der Waals surface area contributed by atoms with E-state index in [1.165, 1.54) is 22.4 Å². The molecule has 1 aromatic carbocycles. The van der Waals surface area contributed by atoms with Gasteiger partial charge in [0, 0.05) is 17.8 Å². The van der Waals surface area contributed by atoms with Gasteiger partial charge in [0.05, 0.1) is 0 Å². The van der Waals surface area contributed by atoms with E-state index in [0.717, 1.165) is 19.3 Å². The van der Waals surface area contributed by atoms with Crippen molar-refractivity contribution in [1.82, 2.24) is 4.98 Å². The molecule has 0 amide bonds. The summed E-state index contributed by atoms with van der Waals surface area (Å²) in [5, 5.41) is 0. The van der Waals surface area contributed by atoms with Crippen molar-refractivity contribution in [3.8, 4) is 0 Å². The van der Waals surface area contributed by atoms with Crippen LogP contribution in [-0.4, -0.2) is 11.5 Å². The third-order valence-electron chi connectivity index (χ3n) is 4.54. The van der Waals surface area contributed by atoms with Crippen LogP contribution >= 0.6 is 0 Å². The van der Waals surface area contributed by atoms with Gasteiger partial charge in [0.25, 0.3) is 0 Å². The fourth-order valence-electron chi connectivity index (χ4n) is 3.40. The molecule has 2 heteroatoms. The molecule has 0 unspecified atom stereocenters. The fourth-order valence-corrected chi connectivity index (χ4v) is 3.40. The maximum Gasteiger partial charge on any atom is 0.0445 e. The topological polar surface area (TPSA) is 38.9 Å². The van der Waals surface area contributed by atoms with Crippen LogP contribution in [0.25, 0.3) is 0 Å². The van der Waals surface area contributed by atoms with E-state index in [4.69, 9.17) is 5.73 Å². The first-order valence-corrected chi connectivity index (χ1v) is 7.55. The van der Waals surface area contributed by atoms with Gasteiger partial charge in [-0.3, -0.25) is 4.98 Å². The lowest BCUT2D eigenvalue weighted by Gasteiger charge is -2.27. The van der Waals surface area contributed by atoms with E-state index < -0.39 is 0 Å². The lowest BCUT2D eigenvalue weighted by Crippen LogP contribution is -2.21. The second kappa shape index (κ2) is 5.76. The minimum Gasteiger partial charge on any atom is -0.330 e. The molecular weight excluding hydrogens is 244 g/mol. The highest BCUT2D eigenvalue weighted by atomic mass is 14.7.